The van der Waals surface area contributed by atoms with Gasteiger partial charge >= 0.3 is 0 Å². The second kappa shape index (κ2) is 7.77. The van der Waals surface area contributed by atoms with Crippen LogP contribution in [-0.4, -0.2) is 52.0 Å². The van der Waals surface area contributed by atoms with Gasteiger partial charge in [0, 0.05) is 25.0 Å². The first-order chi connectivity index (χ1) is 12.6. The molecule has 3 rings (SSSR count). The maximum Gasteiger partial charge on any atom is 0.282 e. The Morgan fingerprint density at radius 3 is 2.73 bits per heavy atom. The normalized spacial score (nSPS) is 16.8. The van der Waals surface area contributed by atoms with E-state index in [-0.39, 0.29) is 35.0 Å². The number of carbonyl (C=O) groups excluding carboxylic acids is 1. The molecule has 1 saturated heterocycles. The molecule has 2 aromatic rings. The highest BCUT2D eigenvalue weighted by atomic mass is 16.6. The molecule has 9 heteroatoms. The van der Waals surface area contributed by atoms with Crippen molar-refractivity contribution in [2.24, 2.45) is 0 Å². The summed E-state index contributed by atoms with van der Waals surface area (Å²) in [6.45, 7) is 0.826. The molecule has 0 saturated carbocycles. The Morgan fingerprint density at radius 1 is 1.27 bits per heavy atom. The zero-order chi connectivity index (χ0) is 18.5. The molecule has 2 heterocycles. The number of amides is 1. The third-order valence-electron chi connectivity index (χ3n) is 4.10. The summed E-state index contributed by atoms with van der Waals surface area (Å²) in [6, 6.07) is 5.95. The van der Waals surface area contributed by atoms with Crippen LogP contribution in [0.2, 0.25) is 0 Å². The Hall–Kier alpha value is -3.23. The maximum absolute atomic E-state index is 12.8. The first-order valence-corrected chi connectivity index (χ1v) is 8.14. The number of likely N-dealkylation sites (tertiary alicyclic amines) is 1. The van der Waals surface area contributed by atoms with Crippen LogP contribution in [0.5, 0.6) is 11.8 Å². The molecular weight excluding hydrogens is 340 g/mol. The second-order valence-electron chi connectivity index (χ2n) is 5.78. The van der Waals surface area contributed by atoms with Gasteiger partial charge in [0.1, 0.15) is 11.7 Å². The largest absolute Gasteiger partial charge is 0.477 e. The van der Waals surface area contributed by atoms with Gasteiger partial charge in [0.2, 0.25) is 0 Å². The summed E-state index contributed by atoms with van der Waals surface area (Å²) in [5.41, 5.74) is -0.119. The lowest BCUT2D eigenvalue weighted by atomic mass is 10.1. The van der Waals surface area contributed by atoms with Crippen molar-refractivity contribution in [3.8, 4) is 11.8 Å². The number of piperidine rings is 1. The van der Waals surface area contributed by atoms with E-state index >= 15 is 0 Å². The van der Waals surface area contributed by atoms with E-state index in [0.29, 0.717) is 13.1 Å². The van der Waals surface area contributed by atoms with E-state index in [1.165, 1.54) is 37.7 Å². The molecule has 1 aliphatic rings. The second-order valence-corrected chi connectivity index (χ2v) is 5.78. The molecule has 1 atom stereocenters. The highest BCUT2D eigenvalue weighted by molar-refractivity contribution is 5.98. The number of ether oxygens (including phenoxy) is 2. The van der Waals surface area contributed by atoms with E-state index in [2.05, 4.69) is 9.97 Å². The Bertz CT molecular complexity index is 813. The van der Waals surface area contributed by atoms with Crippen molar-refractivity contribution in [2.45, 2.75) is 18.9 Å². The molecule has 0 aliphatic carbocycles. The minimum atomic E-state index is -0.546. The molecule has 0 bridgehead atoms. The highest BCUT2D eigenvalue weighted by Crippen LogP contribution is 2.26. The lowest BCUT2D eigenvalue weighted by Gasteiger charge is -2.32. The van der Waals surface area contributed by atoms with Gasteiger partial charge < -0.3 is 14.4 Å². The summed E-state index contributed by atoms with van der Waals surface area (Å²) in [5, 5.41) is 11.2. The van der Waals surface area contributed by atoms with Crippen LogP contribution in [0.3, 0.4) is 0 Å². The lowest BCUT2D eigenvalue weighted by Crippen LogP contribution is -2.44. The topological polar surface area (TPSA) is 108 Å². The SMILES string of the molecule is COc1nccnc1OC1CCCN(C(=O)c2ccccc2[N+](=O)[O-])C1. The van der Waals surface area contributed by atoms with E-state index in [0.717, 1.165) is 12.8 Å². The number of nitro groups is 1. The monoisotopic (exact) mass is 358 g/mol. The Kier molecular flexibility index (Phi) is 5.26. The number of hydrogen-bond donors (Lipinski definition) is 0. The Labute approximate surface area is 149 Å². The average molecular weight is 358 g/mol. The van der Waals surface area contributed by atoms with Gasteiger partial charge in [-0.25, -0.2) is 9.97 Å². The number of nitro benzene ring substituents is 1. The number of hydrogen-bond acceptors (Lipinski definition) is 7. The predicted molar refractivity (Wildman–Crippen MR) is 91.2 cm³/mol. The minimum Gasteiger partial charge on any atom is -0.477 e. The number of benzene rings is 1. The van der Waals surface area contributed by atoms with Crippen molar-refractivity contribution in [1.29, 1.82) is 0 Å². The van der Waals surface area contributed by atoms with Crippen molar-refractivity contribution in [2.75, 3.05) is 20.2 Å². The van der Waals surface area contributed by atoms with Gasteiger partial charge in [-0.15, -0.1) is 0 Å². The van der Waals surface area contributed by atoms with Crippen LogP contribution in [0.4, 0.5) is 5.69 Å². The lowest BCUT2D eigenvalue weighted by molar-refractivity contribution is -0.385. The molecule has 1 amide bonds. The van der Waals surface area contributed by atoms with Crippen molar-refractivity contribution in [1.82, 2.24) is 14.9 Å². The Balaban J connectivity index is 1.74. The van der Waals surface area contributed by atoms with Gasteiger partial charge in [-0.2, -0.15) is 0 Å². The summed E-state index contributed by atoms with van der Waals surface area (Å²) >= 11 is 0. The fourth-order valence-corrected chi connectivity index (χ4v) is 2.89. The van der Waals surface area contributed by atoms with Crippen LogP contribution in [0.1, 0.15) is 23.2 Å². The van der Waals surface area contributed by atoms with Crippen LogP contribution >= 0.6 is 0 Å². The third-order valence-corrected chi connectivity index (χ3v) is 4.10. The molecule has 1 aliphatic heterocycles. The Morgan fingerprint density at radius 2 is 2.00 bits per heavy atom. The van der Waals surface area contributed by atoms with Crippen LogP contribution in [0.15, 0.2) is 36.7 Å². The zero-order valence-corrected chi connectivity index (χ0v) is 14.2. The summed E-state index contributed by atoms with van der Waals surface area (Å²) in [6.07, 6.45) is 4.16. The van der Waals surface area contributed by atoms with Crippen LogP contribution < -0.4 is 9.47 Å². The molecule has 1 unspecified atom stereocenters. The number of para-hydroxylation sites is 1. The van der Waals surface area contributed by atoms with E-state index in [4.69, 9.17) is 9.47 Å². The minimum absolute atomic E-state index is 0.0789. The molecule has 1 aromatic carbocycles. The van der Waals surface area contributed by atoms with Gasteiger partial charge in [0.25, 0.3) is 23.4 Å². The smallest absolute Gasteiger partial charge is 0.282 e. The standard InChI is InChI=1S/C17H18N4O5/c1-25-15-16(19-9-8-18-15)26-12-5-4-10-20(11-12)17(22)13-6-2-3-7-14(13)21(23)24/h2-3,6-9,12H,4-5,10-11H2,1H3. The zero-order valence-electron chi connectivity index (χ0n) is 14.2. The van der Waals surface area contributed by atoms with Crippen LogP contribution in [0, 0.1) is 10.1 Å². The summed E-state index contributed by atoms with van der Waals surface area (Å²) in [5.74, 6) is 0.159. The number of aromatic nitrogens is 2. The van der Waals surface area contributed by atoms with E-state index < -0.39 is 4.92 Å². The third kappa shape index (κ3) is 3.71. The number of rotatable bonds is 5. The van der Waals surface area contributed by atoms with Crippen molar-refractivity contribution < 1.29 is 19.2 Å². The highest BCUT2D eigenvalue weighted by Gasteiger charge is 2.30. The molecular formula is C17H18N4O5. The van der Waals surface area contributed by atoms with E-state index in [1.54, 1.807) is 11.0 Å². The summed E-state index contributed by atoms with van der Waals surface area (Å²) < 4.78 is 11.0. The molecule has 1 aromatic heterocycles. The molecule has 0 N–H and O–H groups in total. The average Bonchev–Trinajstić information content (AvgIpc) is 2.68. The van der Waals surface area contributed by atoms with Crippen molar-refractivity contribution in [3.63, 3.8) is 0 Å². The maximum atomic E-state index is 12.8. The molecule has 0 spiro atoms. The van der Waals surface area contributed by atoms with Crippen molar-refractivity contribution >= 4 is 11.6 Å². The van der Waals surface area contributed by atoms with E-state index in [1.807, 2.05) is 0 Å². The fourth-order valence-electron chi connectivity index (χ4n) is 2.89. The fraction of sp³-hybridized carbons (Fsp3) is 0.353. The first kappa shape index (κ1) is 17.6. The summed E-state index contributed by atoms with van der Waals surface area (Å²) in [7, 11) is 1.47. The van der Waals surface area contributed by atoms with E-state index in [9.17, 15) is 14.9 Å². The molecule has 26 heavy (non-hydrogen) atoms. The van der Waals surface area contributed by atoms with Crippen LogP contribution in [-0.2, 0) is 0 Å². The van der Waals surface area contributed by atoms with Gasteiger partial charge in [0.15, 0.2) is 0 Å². The number of nitrogens with zero attached hydrogens (tertiary/aromatic N) is 4. The molecule has 136 valence electrons. The van der Waals surface area contributed by atoms with Crippen molar-refractivity contribution in [3.05, 3.63) is 52.3 Å². The molecule has 9 nitrogen and oxygen atoms in total. The quantitative estimate of drug-likeness (QED) is 0.595. The van der Waals surface area contributed by atoms with Gasteiger partial charge in [-0.05, 0) is 18.9 Å². The van der Waals surface area contributed by atoms with Crippen LogP contribution in [0.25, 0.3) is 0 Å². The summed E-state index contributed by atoms with van der Waals surface area (Å²) in [4.78, 5) is 33.1. The molecule has 0 radical (unpaired) electrons. The number of carbonyl (C=O) groups is 1. The first-order valence-electron chi connectivity index (χ1n) is 8.14. The number of methoxy groups -OCH3 is 1. The predicted octanol–water partition coefficient (Wildman–Crippen LogP) is 2.08. The molecule has 1 fully saturated rings. The van der Waals surface area contributed by atoms with Gasteiger partial charge in [-0.1, -0.05) is 12.1 Å². The van der Waals surface area contributed by atoms with Gasteiger partial charge in [-0.3, -0.25) is 14.9 Å². The van der Waals surface area contributed by atoms with Gasteiger partial charge in [0.05, 0.1) is 18.6 Å².